The number of fused-ring (bicyclic) bond motifs is 1. The molecule has 0 spiro atoms. The minimum atomic E-state index is -3.81. The van der Waals surface area contributed by atoms with Crippen LogP contribution in [0.25, 0.3) is 17.2 Å². The number of rotatable bonds is 8. The van der Waals surface area contributed by atoms with Gasteiger partial charge in [0.15, 0.2) is 9.84 Å². The summed E-state index contributed by atoms with van der Waals surface area (Å²) in [5.41, 5.74) is 3.37. The molecule has 0 aliphatic carbocycles. The zero-order chi connectivity index (χ0) is 24.1. The van der Waals surface area contributed by atoms with E-state index in [-0.39, 0.29) is 4.90 Å². The Morgan fingerprint density at radius 2 is 1.06 bits per heavy atom. The normalized spacial score (nSPS) is 12.3. The van der Waals surface area contributed by atoms with Crippen LogP contribution in [0.5, 0.6) is 0 Å². The van der Waals surface area contributed by atoms with Crippen LogP contribution in [0, 0.1) is 0 Å². The van der Waals surface area contributed by atoms with Crippen molar-refractivity contribution < 1.29 is 8.42 Å². The minimum absolute atomic E-state index is 0.287. The van der Waals surface area contributed by atoms with Gasteiger partial charge in [-0.05, 0) is 54.3 Å². The lowest BCUT2D eigenvalue weighted by Crippen LogP contribution is -2.41. The maximum absolute atomic E-state index is 14.4. The zero-order valence-corrected chi connectivity index (χ0v) is 19.9. The van der Waals surface area contributed by atoms with E-state index in [4.69, 9.17) is 0 Å². The standard InChI is InChI=1S/C29H25N3O2S/c33-35(34,26-16-8-3-9-17-26)29(22-24-12-4-1-5-13-24,23-25-14-6-2-7-15-25)20-21-32-30-27-18-10-11-19-28(27)31-32/h1-21H,22-23H2/b21-20+. The van der Waals surface area contributed by atoms with Crippen molar-refractivity contribution in [1.29, 1.82) is 0 Å². The first-order valence-electron chi connectivity index (χ1n) is 11.4. The van der Waals surface area contributed by atoms with Crippen molar-refractivity contribution in [3.63, 3.8) is 0 Å². The van der Waals surface area contributed by atoms with Gasteiger partial charge in [-0.25, -0.2) is 8.42 Å². The lowest BCUT2D eigenvalue weighted by atomic mass is 9.91. The quantitative estimate of drug-likeness (QED) is 0.291. The minimum Gasteiger partial charge on any atom is -0.223 e. The van der Waals surface area contributed by atoms with Crippen molar-refractivity contribution in [2.24, 2.45) is 0 Å². The first-order chi connectivity index (χ1) is 17.1. The molecule has 0 aliphatic heterocycles. The fraction of sp³-hybridized carbons (Fsp3) is 0.103. The van der Waals surface area contributed by atoms with Gasteiger partial charge in [-0.15, -0.1) is 10.2 Å². The van der Waals surface area contributed by atoms with Crippen LogP contribution in [0.2, 0.25) is 0 Å². The molecular weight excluding hydrogens is 454 g/mol. The van der Waals surface area contributed by atoms with Gasteiger partial charge in [-0.3, -0.25) is 0 Å². The van der Waals surface area contributed by atoms with Crippen LogP contribution in [-0.2, 0) is 22.7 Å². The number of benzene rings is 4. The lowest BCUT2D eigenvalue weighted by Gasteiger charge is -2.31. The van der Waals surface area contributed by atoms with Crippen LogP contribution in [0.4, 0.5) is 0 Å². The predicted octanol–water partition coefficient (Wildman–Crippen LogP) is 5.60. The van der Waals surface area contributed by atoms with Crippen LogP contribution in [0.15, 0.2) is 126 Å². The third kappa shape index (κ3) is 4.79. The molecule has 0 saturated heterocycles. The second kappa shape index (κ2) is 9.68. The molecule has 5 aromatic rings. The van der Waals surface area contributed by atoms with Crippen LogP contribution >= 0.6 is 0 Å². The Hall–Kier alpha value is -4.03. The Morgan fingerprint density at radius 1 is 0.629 bits per heavy atom. The molecule has 1 heterocycles. The smallest absolute Gasteiger partial charge is 0.188 e. The van der Waals surface area contributed by atoms with Crippen molar-refractivity contribution in [2.75, 3.05) is 0 Å². The Balaban J connectivity index is 1.69. The first-order valence-corrected chi connectivity index (χ1v) is 12.9. The highest BCUT2D eigenvalue weighted by Gasteiger charge is 2.43. The van der Waals surface area contributed by atoms with Gasteiger partial charge in [-0.2, -0.15) is 4.80 Å². The van der Waals surface area contributed by atoms with Crippen molar-refractivity contribution in [2.45, 2.75) is 22.5 Å². The SMILES string of the molecule is O=S(=O)(c1ccccc1)C(/C=C/n1nc2ccccc2n1)(Cc1ccccc1)Cc1ccccc1. The molecule has 0 saturated carbocycles. The fourth-order valence-electron chi connectivity index (χ4n) is 4.32. The molecular formula is C29H25N3O2S. The average molecular weight is 480 g/mol. The van der Waals surface area contributed by atoms with E-state index in [9.17, 15) is 8.42 Å². The van der Waals surface area contributed by atoms with Crippen molar-refractivity contribution in [1.82, 2.24) is 15.0 Å². The van der Waals surface area contributed by atoms with Gasteiger partial charge in [0.05, 0.1) is 4.90 Å². The molecule has 4 aromatic carbocycles. The highest BCUT2D eigenvalue weighted by molar-refractivity contribution is 7.93. The summed E-state index contributed by atoms with van der Waals surface area (Å²) < 4.78 is 27.4. The molecule has 0 atom stereocenters. The van der Waals surface area contributed by atoms with E-state index in [1.165, 1.54) is 4.80 Å². The maximum Gasteiger partial charge on any atom is 0.188 e. The molecule has 0 amide bonds. The Kier molecular flexibility index (Phi) is 6.29. The van der Waals surface area contributed by atoms with E-state index in [2.05, 4.69) is 10.2 Å². The maximum atomic E-state index is 14.4. The lowest BCUT2D eigenvalue weighted by molar-refractivity contribution is 0.545. The molecule has 0 N–H and O–H groups in total. The largest absolute Gasteiger partial charge is 0.223 e. The number of hydrogen-bond acceptors (Lipinski definition) is 4. The molecule has 0 bridgehead atoms. The van der Waals surface area contributed by atoms with Gasteiger partial charge in [0.2, 0.25) is 0 Å². The van der Waals surface area contributed by atoms with Crippen molar-refractivity contribution >= 4 is 27.1 Å². The molecule has 6 heteroatoms. The van der Waals surface area contributed by atoms with E-state index < -0.39 is 14.6 Å². The highest BCUT2D eigenvalue weighted by atomic mass is 32.2. The summed E-state index contributed by atoms with van der Waals surface area (Å²) in [6.07, 6.45) is 4.04. The van der Waals surface area contributed by atoms with Gasteiger partial charge < -0.3 is 0 Å². The van der Waals surface area contributed by atoms with Gasteiger partial charge >= 0.3 is 0 Å². The van der Waals surface area contributed by atoms with Crippen molar-refractivity contribution in [3.8, 4) is 0 Å². The number of hydrogen-bond donors (Lipinski definition) is 0. The summed E-state index contributed by atoms with van der Waals surface area (Å²) in [7, 11) is -3.81. The molecule has 5 nitrogen and oxygen atoms in total. The van der Waals surface area contributed by atoms with Gasteiger partial charge in [-0.1, -0.05) is 91.0 Å². The monoisotopic (exact) mass is 479 g/mol. The van der Waals surface area contributed by atoms with Crippen molar-refractivity contribution in [3.05, 3.63) is 132 Å². The predicted molar refractivity (Wildman–Crippen MR) is 140 cm³/mol. The van der Waals surface area contributed by atoms with E-state index in [1.54, 1.807) is 36.5 Å². The molecule has 0 unspecified atom stereocenters. The number of sulfone groups is 1. The summed E-state index contributed by atoms with van der Waals surface area (Å²) in [5.74, 6) is 0. The van der Waals surface area contributed by atoms with Crippen LogP contribution in [-0.4, -0.2) is 28.2 Å². The first kappa shape index (κ1) is 22.7. The zero-order valence-electron chi connectivity index (χ0n) is 19.1. The second-order valence-corrected chi connectivity index (χ2v) is 10.8. The molecule has 174 valence electrons. The van der Waals surface area contributed by atoms with E-state index >= 15 is 0 Å². The highest BCUT2D eigenvalue weighted by Crippen LogP contribution is 2.35. The molecule has 0 radical (unpaired) electrons. The van der Waals surface area contributed by atoms with Crippen LogP contribution in [0.3, 0.4) is 0 Å². The molecule has 5 rings (SSSR count). The number of aromatic nitrogens is 3. The molecule has 35 heavy (non-hydrogen) atoms. The third-order valence-electron chi connectivity index (χ3n) is 6.09. The Labute approximate surface area is 205 Å². The average Bonchev–Trinajstić information content (AvgIpc) is 3.32. The summed E-state index contributed by atoms with van der Waals surface area (Å²) >= 11 is 0. The third-order valence-corrected chi connectivity index (χ3v) is 8.48. The Bertz CT molecular complexity index is 1470. The van der Waals surface area contributed by atoms with Crippen LogP contribution in [0.1, 0.15) is 11.1 Å². The summed E-state index contributed by atoms with van der Waals surface area (Å²) in [4.78, 5) is 1.74. The summed E-state index contributed by atoms with van der Waals surface area (Å²) in [5, 5.41) is 9.02. The van der Waals surface area contributed by atoms with E-state index in [1.807, 2.05) is 91.0 Å². The fourth-order valence-corrected chi connectivity index (χ4v) is 6.26. The van der Waals surface area contributed by atoms with Gasteiger partial charge in [0.25, 0.3) is 0 Å². The van der Waals surface area contributed by atoms with E-state index in [0.717, 1.165) is 22.2 Å². The van der Waals surface area contributed by atoms with Gasteiger partial charge in [0, 0.05) is 6.20 Å². The molecule has 0 aliphatic rings. The van der Waals surface area contributed by atoms with E-state index in [0.29, 0.717) is 12.8 Å². The summed E-state index contributed by atoms with van der Waals surface area (Å²) in [6, 6.07) is 35.7. The van der Waals surface area contributed by atoms with Crippen LogP contribution < -0.4 is 0 Å². The van der Waals surface area contributed by atoms with Gasteiger partial charge in [0.1, 0.15) is 15.8 Å². The number of nitrogens with zero attached hydrogens (tertiary/aromatic N) is 3. The Morgan fingerprint density at radius 3 is 1.54 bits per heavy atom. The second-order valence-electron chi connectivity index (χ2n) is 8.53. The molecule has 1 aromatic heterocycles. The molecule has 0 fully saturated rings. The topological polar surface area (TPSA) is 64.8 Å². The summed E-state index contributed by atoms with van der Waals surface area (Å²) in [6.45, 7) is 0.